The first-order valence-electron chi connectivity index (χ1n) is 3.61. The van der Waals surface area contributed by atoms with Gasteiger partial charge in [0, 0.05) is 5.56 Å². The molecule has 72 valence electrons. The van der Waals surface area contributed by atoms with Crippen molar-refractivity contribution in [1.29, 1.82) is 0 Å². The van der Waals surface area contributed by atoms with Gasteiger partial charge in [-0.15, -0.1) is 0 Å². The standard InChI is InChI=1S/C8H3BrClFN2S/c9-8-12-7(13-14-8)4-1-2-6(11)5(10)3-4/h1-3H. The minimum atomic E-state index is -0.440. The summed E-state index contributed by atoms with van der Waals surface area (Å²) in [4.78, 5) is 4.09. The fourth-order valence-electron chi connectivity index (χ4n) is 0.957. The van der Waals surface area contributed by atoms with Crippen molar-refractivity contribution >= 4 is 39.1 Å². The normalized spacial score (nSPS) is 10.5. The molecule has 0 aliphatic rings. The summed E-state index contributed by atoms with van der Waals surface area (Å²) < 4.78 is 17.6. The van der Waals surface area contributed by atoms with Crippen LogP contribution in [0, 0.1) is 5.82 Å². The number of hydrogen-bond acceptors (Lipinski definition) is 3. The number of hydrogen-bond donors (Lipinski definition) is 0. The van der Waals surface area contributed by atoms with Crippen LogP contribution in [0.3, 0.4) is 0 Å². The Morgan fingerprint density at radius 2 is 2.21 bits per heavy atom. The quantitative estimate of drug-likeness (QED) is 0.800. The molecule has 0 amide bonds. The van der Waals surface area contributed by atoms with E-state index in [1.807, 2.05) is 0 Å². The molecule has 14 heavy (non-hydrogen) atoms. The van der Waals surface area contributed by atoms with Crippen LogP contribution in [0.2, 0.25) is 5.02 Å². The molecule has 0 N–H and O–H groups in total. The van der Waals surface area contributed by atoms with Crippen molar-refractivity contribution in [2.75, 3.05) is 0 Å². The molecule has 2 aromatic rings. The smallest absolute Gasteiger partial charge is 0.179 e. The maximum absolute atomic E-state index is 12.8. The van der Waals surface area contributed by atoms with Crippen LogP contribution in [0.1, 0.15) is 0 Å². The zero-order chi connectivity index (χ0) is 10.1. The topological polar surface area (TPSA) is 25.8 Å². The van der Waals surface area contributed by atoms with Crippen molar-refractivity contribution in [3.63, 3.8) is 0 Å². The highest BCUT2D eigenvalue weighted by molar-refractivity contribution is 9.11. The average Bonchev–Trinajstić information content (AvgIpc) is 2.57. The Hall–Kier alpha value is -0.520. The third-order valence-corrected chi connectivity index (χ3v) is 2.99. The van der Waals surface area contributed by atoms with Gasteiger partial charge >= 0.3 is 0 Å². The molecular weight excluding hydrogens is 291 g/mol. The van der Waals surface area contributed by atoms with Crippen LogP contribution in [0.15, 0.2) is 22.1 Å². The molecule has 1 heterocycles. The molecular formula is C8H3BrClFN2S. The minimum Gasteiger partial charge on any atom is -0.208 e. The van der Waals surface area contributed by atoms with Gasteiger partial charge in [0.2, 0.25) is 0 Å². The van der Waals surface area contributed by atoms with Crippen molar-refractivity contribution in [2.45, 2.75) is 0 Å². The average molecular weight is 294 g/mol. The lowest BCUT2D eigenvalue weighted by Crippen LogP contribution is -1.82. The first kappa shape index (κ1) is 10.0. The Morgan fingerprint density at radius 1 is 1.43 bits per heavy atom. The molecule has 0 radical (unpaired) electrons. The Bertz CT molecular complexity index is 474. The van der Waals surface area contributed by atoms with Crippen LogP contribution in [0.4, 0.5) is 4.39 Å². The second-order valence-corrected chi connectivity index (χ2v) is 4.93. The Balaban J connectivity index is 2.47. The highest BCUT2D eigenvalue weighted by atomic mass is 79.9. The number of benzene rings is 1. The molecule has 2 rings (SSSR count). The van der Waals surface area contributed by atoms with Crippen molar-refractivity contribution in [1.82, 2.24) is 9.36 Å². The van der Waals surface area contributed by atoms with Gasteiger partial charge in [-0.1, -0.05) is 11.6 Å². The van der Waals surface area contributed by atoms with E-state index >= 15 is 0 Å². The molecule has 1 aromatic carbocycles. The first-order chi connectivity index (χ1) is 6.66. The van der Waals surface area contributed by atoms with Crippen molar-refractivity contribution < 1.29 is 4.39 Å². The van der Waals surface area contributed by atoms with E-state index in [9.17, 15) is 4.39 Å². The Kier molecular flexibility index (Phi) is 2.80. The van der Waals surface area contributed by atoms with Crippen LogP contribution >= 0.6 is 39.1 Å². The molecule has 0 saturated carbocycles. The fraction of sp³-hybridized carbons (Fsp3) is 0. The van der Waals surface area contributed by atoms with Gasteiger partial charge < -0.3 is 0 Å². The second kappa shape index (κ2) is 3.92. The number of halogens is 3. The molecule has 2 nitrogen and oxygen atoms in total. The van der Waals surface area contributed by atoms with E-state index in [0.29, 0.717) is 15.3 Å². The Morgan fingerprint density at radius 3 is 2.79 bits per heavy atom. The number of aromatic nitrogens is 2. The summed E-state index contributed by atoms with van der Waals surface area (Å²) in [7, 11) is 0. The summed E-state index contributed by atoms with van der Waals surface area (Å²) in [5.74, 6) is 0.105. The maximum Gasteiger partial charge on any atom is 0.179 e. The van der Waals surface area contributed by atoms with E-state index in [2.05, 4.69) is 25.3 Å². The third-order valence-electron chi connectivity index (χ3n) is 1.58. The molecule has 0 bridgehead atoms. The zero-order valence-electron chi connectivity index (χ0n) is 6.67. The van der Waals surface area contributed by atoms with Crippen LogP contribution in [-0.4, -0.2) is 9.36 Å². The van der Waals surface area contributed by atoms with Gasteiger partial charge in [-0.25, -0.2) is 9.37 Å². The van der Waals surface area contributed by atoms with Gasteiger partial charge in [-0.3, -0.25) is 0 Å². The van der Waals surface area contributed by atoms with Gasteiger partial charge in [0.1, 0.15) is 5.82 Å². The third kappa shape index (κ3) is 1.94. The molecule has 0 fully saturated rings. The van der Waals surface area contributed by atoms with Gasteiger partial charge in [0.05, 0.1) is 5.02 Å². The summed E-state index contributed by atoms with van der Waals surface area (Å²) in [5, 5.41) is 0.0772. The molecule has 0 saturated heterocycles. The van der Waals surface area contributed by atoms with E-state index in [0.717, 1.165) is 0 Å². The summed E-state index contributed by atoms with van der Waals surface area (Å²) in [6.45, 7) is 0. The predicted molar refractivity (Wildman–Crippen MR) is 58.0 cm³/mol. The number of nitrogens with zero attached hydrogens (tertiary/aromatic N) is 2. The zero-order valence-corrected chi connectivity index (χ0v) is 9.83. The maximum atomic E-state index is 12.8. The lowest BCUT2D eigenvalue weighted by molar-refractivity contribution is 0.628. The lowest BCUT2D eigenvalue weighted by Gasteiger charge is -1.96. The molecule has 0 atom stereocenters. The lowest BCUT2D eigenvalue weighted by atomic mass is 10.2. The second-order valence-electron chi connectivity index (χ2n) is 2.50. The molecule has 0 spiro atoms. The van der Waals surface area contributed by atoms with Crippen LogP contribution in [0.25, 0.3) is 11.4 Å². The molecule has 6 heteroatoms. The van der Waals surface area contributed by atoms with E-state index in [4.69, 9.17) is 11.6 Å². The molecule has 0 aliphatic heterocycles. The highest BCUT2D eigenvalue weighted by Gasteiger charge is 2.07. The fourth-order valence-corrected chi connectivity index (χ4v) is 1.96. The van der Waals surface area contributed by atoms with Crippen LogP contribution in [0.5, 0.6) is 0 Å². The van der Waals surface area contributed by atoms with E-state index in [1.165, 1.54) is 23.7 Å². The van der Waals surface area contributed by atoms with E-state index < -0.39 is 5.82 Å². The summed E-state index contributed by atoms with van der Waals surface area (Å²) in [5.41, 5.74) is 0.707. The van der Waals surface area contributed by atoms with E-state index in [1.54, 1.807) is 6.07 Å². The summed E-state index contributed by atoms with van der Waals surface area (Å²) in [6, 6.07) is 4.40. The van der Waals surface area contributed by atoms with Gasteiger partial charge in [0.25, 0.3) is 0 Å². The minimum absolute atomic E-state index is 0.0772. The van der Waals surface area contributed by atoms with Gasteiger partial charge in [0.15, 0.2) is 9.74 Å². The number of rotatable bonds is 1. The van der Waals surface area contributed by atoms with Crippen LogP contribution < -0.4 is 0 Å². The monoisotopic (exact) mass is 292 g/mol. The molecule has 1 aromatic heterocycles. The highest BCUT2D eigenvalue weighted by Crippen LogP contribution is 2.25. The predicted octanol–water partition coefficient (Wildman–Crippen LogP) is 3.76. The van der Waals surface area contributed by atoms with Gasteiger partial charge in [-0.2, -0.15) is 4.37 Å². The van der Waals surface area contributed by atoms with Crippen LogP contribution in [-0.2, 0) is 0 Å². The van der Waals surface area contributed by atoms with Crippen molar-refractivity contribution in [3.8, 4) is 11.4 Å². The van der Waals surface area contributed by atoms with Crippen molar-refractivity contribution in [3.05, 3.63) is 33.0 Å². The van der Waals surface area contributed by atoms with Crippen molar-refractivity contribution in [2.24, 2.45) is 0 Å². The first-order valence-corrected chi connectivity index (χ1v) is 5.56. The Labute approximate surface area is 97.0 Å². The molecule has 0 unspecified atom stereocenters. The molecule has 0 aliphatic carbocycles. The summed E-state index contributed by atoms with van der Waals surface area (Å²) >= 11 is 10.1. The summed E-state index contributed by atoms with van der Waals surface area (Å²) in [6.07, 6.45) is 0. The van der Waals surface area contributed by atoms with E-state index in [-0.39, 0.29) is 5.02 Å². The SMILES string of the molecule is Fc1ccc(-c2nsc(Br)n2)cc1Cl. The largest absolute Gasteiger partial charge is 0.208 e. The van der Waals surface area contributed by atoms with Gasteiger partial charge in [-0.05, 0) is 45.7 Å².